The second-order valence-corrected chi connectivity index (χ2v) is 8.84. The molecule has 1 aliphatic rings. The largest absolute Gasteiger partial charge is 0.507 e. The molecule has 1 heterocycles. The highest BCUT2D eigenvalue weighted by molar-refractivity contribution is 6.46. The van der Waals surface area contributed by atoms with Gasteiger partial charge in [0, 0.05) is 25.8 Å². The van der Waals surface area contributed by atoms with Crippen LogP contribution < -0.4 is 9.47 Å². The van der Waals surface area contributed by atoms with Gasteiger partial charge >= 0.3 is 0 Å². The van der Waals surface area contributed by atoms with Crippen LogP contribution in [0.2, 0.25) is 0 Å². The standard InChI is InChI=1S/C29H37NO6/c1-4-6-7-19-36-23-14-12-21(13-15-23)26-25(28(32)29(33)30(26)16-9-18-34-3)27(31)22-10-8-11-24(20-22)35-17-5-2/h8,10-15,20,26,31H,4-7,9,16-19H2,1-3H3/b27-25+. The zero-order valence-electron chi connectivity index (χ0n) is 21.5. The number of unbranched alkanes of at least 4 members (excludes halogenated alkanes) is 2. The molecule has 1 saturated heterocycles. The molecule has 1 unspecified atom stereocenters. The smallest absolute Gasteiger partial charge is 0.295 e. The highest BCUT2D eigenvalue weighted by Crippen LogP contribution is 2.40. The van der Waals surface area contributed by atoms with Crippen LogP contribution in [0.3, 0.4) is 0 Å². The van der Waals surface area contributed by atoms with Crippen molar-refractivity contribution in [3.05, 3.63) is 65.2 Å². The number of ether oxygens (including phenoxy) is 3. The quantitative estimate of drug-likeness (QED) is 0.161. The third-order valence-electron chi connectivity index (χ3n) is 6.08. The van der Waals surface area contributed by atoms with E-state index >= 15 is 0 Å². The molecule has 7 nitrogen and oxygen atoms in total. The van der Waals surface area contributed by atoms with Crippen molar-refractivity contribution in [2.24, 2.45) is 0 Å². The number of Topliss-reactive ketones (excluding diaryl/α,β-unsaturated/α-hetero) is 1. The van der Waals surface area contributed by atoms with Gasteiger partial charge in [0.1, 0.15) is 17.3 Å². The van der Waals surface area contributed by atoms with Crippen LogP contribution in [0.4, 0.5) is 0 Å². The Bertz CT molecular complexity index is 1050. The van der Waals surface area contributed by atoms with Crippen LogP contribution in [-0.4, -0.2) is 55.2 Å². The van der Waals surface area contributed by atoms with E-state index in [1.54, 1.807) is 31.4 Å². The summed E-state index contributed by atoms with van der Waals surface area (Å²) in [5, 5.41) is 11.3. The molecule has 2 aromatic carbocycles. The summed E-state index contributed by atoms with van der Waals surface area (Å²) >= 11 is 0. The number of hydrogen-bond donors (Lipinski definition) is 1. The van der Waals surface area contributed by atoms with Crippen molar-refractivity contribution in [2.45, 2.75) is 52.0 Å². The highest BCUT2D eigenvalue weighted by Gasteiger charge is 2.45. The Morgan fingerprint density at radius 2 is 1.64 bits per heavy atom. The molecule has 1 aliphatic heterocycles. The molecule has 0 aliphatic carbocycles. The first-order valence-corrected chi connectivity index (χ1v) is 12.7. The fraction of sp³-hybridized carbons (Fsp3) is 0.448. The predicted octanol–water partition coefficient (Wildman–Crippen LogP) is 5.50. The summed E-state index contributed by atoms with van der Waals surface area (Å²) in [6.07, 6.45) is 4.63. The van der Waals surface area contributed by atoms with E-state index in [4.69, 9.17) is 14.2 Å². The lowest BCUT2D eigenvalue weighted by molar-refractivity contribution is -0.140. The van der Waals surface area contributed by atoms with Gasteiger partial charge in [-0.25, -0.2) is 0 Å². The van der Waals surface area contributed by atoms with Crippen molar-refractivity contribution in [2.75, 3.05) is 33.5 Å². The van der Waals surface area contributed by atoms with Crippen molar-refractivity contribution < 1.29 is 28.9 Å². The summed E-state index contributed by atoms with van der Waals surface area (Å²) in [6.45, 7) is 6.12. The van der Waals surface area contributed by atoms with Gasteiger partial charge in [-0.05, 0) is 49.1 Å². The molecule has 3 rings (SSSR count). The molecule has 0 bridgehead atoms. The molecule has 0 saturated carbocycles. The molecule has 1 fully saturated rings. The SMILES string of the molecule is CCCCCOc1ccc(C2/C(=C(\O)c3cccc(OCCC)c3)C(=O)C(=O)N2CCCOC)cc1. The minimum absolute atomic E-state index is 0.0710. The van der Waals surface area contributed by atoms with Crippen LogP contribution in [0.1, 0.15) is 63.1 Å². The minimum Gasteiger partial charge on any atom is -0.507 e. The second-order valence-electron chi connectivity index (χ2n) is 8.84. The minimum atomic E-state index is -0.712. The van der Waals surface area contributed by atoms with E-state index in [1.807, 2.05) is 31.2 Å². The van der Waals surface area contributed by atoms with E-state index in [-0.39, 0.29) is 11.3 Å². The van der Waals surface area contributed by atoms with Gasteiger partial charge < -0.3 is 24.2 Å². The van der Waals surface area contributed by atoms with Crippen molar-refractivity contribution in [3.63, 3.8) is 0 Å². The number of rotatable bonds is 14. The summed E-state index contributed by atoms with van der Waals surface area (Å²) < 4.78 is 16.7. The maximum Gasteiger partial charge on any atom is 0.295 e. The van der Waals surface area contributed by atoms with Crippen molar-refractivity contribution in [1.82, 2.24) is 4.90 Å². The topological polar surface area (TPSA) is 85.3 Å². The lowest BCUT2D eigenvalue weighted by Gasteiger charge is -2.25. The van der Waals surface area contributed by atoms with E-state index in [1.165, 1.54) is 4.90 Å². The van der Waals surface area contributed by atoms with Crippen LogP contribution >= 0.6 is 0 Å². The average molecular weight is 496 g/mol. The van der Waals surface area contributed by atoms with Crippen LogP contribution in [0.15, 0.2) is 54.1 Å². The van der Waals surface area contributed by atoms with Crippen LogP contribution in [0.25, 0.3) is 5.76 Å². The summed E-state index contributed by atoms with van der Waals surface area (Å²) in [5.74, 6) is -0.219. The number of nitrogens with zero attached hydrogens (tertiary/aromatic N) is 1. The number of likely N-dealkylation sites (tertiary alicyclic amines) is 1. The van der Waals surface area contributed by atoms with Crippen LogP contribution in [0, 0.1) is 0 Å². The molecular weight excluding hydrogens is 458 g/mol. The molecule has 0 spiro atoms. The van der Waals surface area contributed by atoms with Crippen LogP contribution in [0.5, 0.6) is 11.5 Å². The molecule has 1 atom stereocenters. The molecule has 2 aromatic rings. The third kappa shape index (κ3) is 6.66. The number of benzene rings is 2. The van der Waals surface area contributed by atoms with Gasteiger partial charge in [0.05, 0.1) is 24.8 Å². The summed E-state index contributed by atoms with van der Waals surface area (Å²) in [6, 6.07) is 13.6. The van der Waals surface area contributed by atoms with Crippen LogP contribution in [-0.2, 0) is 14.3 Å². The maximum atomic E-state index is 13.2. The Kier molecular flexibility index (Phi) is 10.4. The van der Waals surface area contributed by atoms with Gasteiger partial charge in [-0.3, -0.25) is 9.59 Å². The molecule has 0 aromatic heterocycles. The summed E-state index contributed by atoms with van der Waals surface area (Å²) in [5.41, 5.74) is 1.23. The number of hydrogen-bond acceptors (Lipinski definition) is 6. The van der Waals surface area contributed by atoms with Gasteiger partial charge in [-0.2, -0.15) is 0 Å². The predicted molar refractivity (Wildman–Crippen MR) is 139 cm³/mol. The number of carbonyl (C=O) groups is 2. The molecule has 1 N–H and O–H groups in total. The monoisotopic (exact) mass is 495 g/mol. The Hall–Kier alpha value is -3.32. The van der Waals surface area contributed by atoms with Crippen molar-refractivity contribution >= 4 is 17.4 Å². The molecule has 36 heavy (non-hydrogen) atoms. The Balaban J connectivity index is 1.97. The first-order chi connectivity index (χ1) is 17.5. The van der Waals surface area contributed by atoms with Gasteiger partial charge in [0.2, 0.25) is 0 Å². The summed E-state index contributed by atoms with van der Waals surface area (Å²) in [7, 11) is 1.60. The molecule has 7 heteroatoms. The van der Waals surface area contributed by atoms with Gasteiger partial charge in [0.15, 0.2) is 0 Å². The molecule has 1 amide bonds. The number of carbonyl (C=O) groups excluding carboxylic acids is 2. The number of ketones is 1. The van der Waals surface area contributed by atoms with Gasteiger partial charge in [-0.15, -0.1) is 0 Å². The Morgan fingerprint density at radius 1 is 0.889 bits per heavy atom. The second kappa shape index (κ2) is 13.7. The Labute approximate surface area is 213 Å². The van der Waals surface area contributed by atoms with E-state index in [0.29, 0.717) is 44.1 Å². The van der Waals surface area contributed by atoms with Crippen molar-refractivity contribution in [3.8, 4) is 11.5 Å². The molecule has 0 radical (unpaired) electrons. The van der Waals surface area contributed by atoms with E-state index in [9.17, 15) is 14.7 Å². The zero-order valence-corrected chi connectivity index (χ0v) is 21.5. The first kappa shape index (κ1) is 27.3. The molecular formula is C29H37NO6. The normalized spacial score (nSPS) is 17.0. The number of amides is 1. The summed E-state index contributed by atoms with van der Waals surface area (Å²) in [4.78, 5) is 27.7. The third-order valence-corrected chi connectivity index (χ3v) is 6.08. The zero-order chi connectivity index (χ0) is 25.9. The highest BCUT2D eigenvalue weighted by atomic mass is 16.5. The van der Waals surface area contributed by atoms with E-state index in [2.05, 4.69) is 6.92 Å². The molecule has 194 valence electrons. The number of aliphatic hydroxyl groups excluding tert-OH is 1. The van der Waals surface area contributed by atoms with Gasteiger partial charge in [-0.1, -0.05) is 51.0 Å². The van der Waals surface area contributed by atoms with Crippen molar-refractivity contribution in [1.29, 1.82) is 0 Å². The maximum absolute atomic E-state index is 13.2. The first-order valence-electron chi connectivity index (χ1n) is 12.7. The van der Waals surface area contributed by atoms with E-state index in [0.717, 1.165) is 37.0 Å². The van der Waals surface area contributed by atoms with E-state index < -0.39 is 17.7 Å². The van der Waals surface area contributed by atoms with Gasteiger partial charge in [0.25, 0.3) is 11.7 Å². The fourth-order valence-corrected chi connectivity index (χ4v) is 4.23. The Morgan fingerprint density at radius 3 is 2.33 bits per heavy atom. The average Bonchev–Trinajstić information content (AvgIpc) is 3.15. The fourth-order valence-electron chi connectivity index (χ4n) is 4.23. The lowest BCUT2D eigenvalue weighted by Crippen LogP contribution is -2.31. The lowest BCUT2D eigenvalue weighted by atomic mass is 9.95. The number of methoxy groups -OCH3 is 1. The number of aliphatic hydroxyl groups is 1.